The van der Waals surface area contributed by atoms with Crippen LogP contribution in [0.5, 0.6) is 0 Å². The standard InChI is InChI=1S/C32H39NO5SSi/c1-6-37-31(34)18-13-25-32(38-40(3,4)5,28-16-11-8-12-17-28)30(24-21-27-14-9-7-10-15-27)33-39(35,36)29-22-19-26(2)20-23-29/h7-17,19-25,30,33H,6,18H2,1-5H3/b24-21+,25-13+/t30-,32-/m0/s1. The smallest absolute Gasteiger partial charge is 0.309 e. The summed E-state index contributed by atoms with van der Waals surface area (Å²) in [5.74, 6) is -0.370. The fourth-order valence-corrected chi connectivity index (χ4v) is 6.83. The van der Waals surface area contributed by atoms with E-state index >= 15 is 0 Å². The lowest BCUT2D eigenvalue weighted by Crippen LogP contribution is -2.54. The first-order chi connectivity index (χ1) is 18.9. The van der Waals surface area contributed by atoms with Gasteiger partial charge in [0.2, 0.25) is 10.0 Å². The molecule has 0 saturated carbocycles. The number of carbonyl (C=O) groups excluding carboxylic acids is 1. The van der Waals surface area contributed by atoms with E-state index in [9.17, 15) is 13.2 Å². The van der Waals surface area contributed by atoms with Crippen LogP contribution in [0.2, 0.25) is 19.6 Å². The highest BCUT2D eigenvalue weighted by atomic mass is 32.2. The molecule has 0 fully saturated rings. The lowest BCUT2D eigenvalue weighted by Gasteiger charge is -2.42. The zero-order valence-corrected chi connectivity index (χ0v) is 25.6. The summed E-state index contributed by atoms with van der Waals surface area (Å²) in [5.41, 5.74) is 1.36. The monoisotopic (exact) mass is 577 g/mol. The average Bonchev–Trinajstić information content (AvgIpc) is 2.91. The van der Waals surface area contributed by atoms with Crippen molar-refractivity contribution in [3.05, 3.63) is 120 Å². The SMILES string of the molecule is CCOC(=O)C/C=C/[C@](O[Si](C)(C)C)(c1ccccc1)[C@H](/C=C/c1ccccc1)NS(=O)(=O)c1ccc(C)cc1. The Balaban J connectivity index is 2.23. The molecule has 0 unspecified atom stereocenters. The topological polar surface area (TPSA) is 81.7 Å². The second-order valence-electron chi connectivity index (χ2n) is 10.5. The van der Waals surface area contributed by atoms with E-state index in [-0.39, 0.29) is 23.9 Å². The van der Waals surface area contributed by atoms with Crippen LogP contribution in [0.15, 0.2) is 108 Å². The molecule has 2 atom stereocenters. The molecule has 0 aliphatic rings. The third-order valence-electron chi connectivity index (χ3n) is 6.01. The molecule has 0 aliphatic heterocycles. The summed E-state index contributed by atoms with van der Waals surface area (Å²) in [4.78, 5) is 12.4. The molecule has 6 nitrogen and oxygen atoms in total. The van der Waals surface area contributed by atoms with Gasteiger partial charge in [-0.15, -0.1) is 0 Å². The highest BCUT2D eigenvalue weighted by Gasteiger charge is 2.43. The first-order valence-electron chi connectivity index (χ1n) is 13.4. The van der Waals surface area contributed by atoms with Crippen LogP contribution in [0.3, 0.4) is 0 Å². The van der Waals surface area contributed by atoms with Crippen molar-refractivity contribution >= 4 is 30.4 Å². The Kier molecular flexibility index (Phi) is 10.8. The molecular formula is C32H39NO5SSi. The Bertz CT molecular complexity index is 1400. The number of sulfonamides is 1. The van der Waals surface area contributed by atoms with E-state index in [1.807, 2.05) is 79.7 Å². The van der Waals surface area contributed by atoms with Gasteiger partial charge < -0.3 is 9.16 Å². The van der Waals surface area contributed by atoms with Crippen molar-refractivity contribution in [2.24, 2.45) is 0 Å². The largest absolute Gasteiger partial charge is 0.466 e. The van der Waals surface area contributed by atoms with Crippen LogP contribution in [0, 0.1) is 6.92 Å². The number of esters is 1. The van der Waals surface area contributed by atoms with Gasteiger partial charge in [0.1, 0.15) is 5.60 Å². The first-order valence-corrected chi connectivity index (χ1v) is 18.3. The predicted octanol–water partition coefficient (Wildman–Crippen LogP) is 6.61. The van der Waals surface area contributed by atoms with E-state index in [1.54, 1.807) is 43.3 Å². The number of hydrogen-bond donors (Lipinski definition) is 1. The van der Waals surface area contributed by atoms with Crippen molar-refractivity contribution in [2.75, 3.05) is 6.61 Å². The van der Waals surface area contributed by atoms with Crippen LogP contribution in [-0.4, -0.2) is 35.4 Å². The number of benzene rings is 3. The fourth-order valence-electron chi connectivity index (χ4n) is 4.29. The summed E-state index contributed by atoms with van der Waals surface area (Å²) in [5, 5.41) is 0. The molecule has 0 aromatic heterocycles. The molecular weight excluding hydrogens is 539 g/mol. The van der Waals surface area contributed by atoms with E-state index in [2.05, 4.69) is 24.4 Å². The minimum atomic E-state index is -3.97. The molecule has 0 amide bonds. The van der Waals surface area contributed by atoms with Gasteiger partial charge in [0.05, 0.1) is 24.0 Å². The third-order valence-corrected chi connectivity index (χ3v) is 8.42. The van der Waals surface area contributed by atoms with Gasteiger partial charge in [-0.25, -0.2) is 13.1 Å². The van der Waals surface area contributed by atoms with Gasteiger partial charge in [-0.05, 0) is 56.7 Å². The van der Waals surface area contributed by atoms with Crippen molar-refractivity contribution in [1.82, 2.24) is 4.72 Å². The van der Waals surface area contributed by atoms with Gasteiger partial charge in [0, 0.05) is 0 Å². The quantitative estimate of drug-likeness (QED) is 0.140. The maximum absolute atomic E-state index is 13.8. The Morgan fingerprint density at radius 2 is 1.55 bits per heavy atom. The number of hydrogen-bond acceptors (Lipinski definition) is 5. The van der Waals surface area contributed by atoms with Gasteiger partial charge in [-0.1, -0.05) is 103 Å². The van der Waals surface area contributed by atoms with Crippen LogP contribution < -0.4 is 4.72 Å². The predicted molar refractivity (Wildman–Crippen MR) is 164 cm³/mol. The highest BCUT2D eigenvalue weighted by Crippen LogP contribution is 2.37. The Hall–Kier alpha value is -3.30. The molecule has 1 N–H and O–H groups in total. The lowest BCUT2D eigenvalue weighted by atomic mass is 9.85. The van der Waals surface area contributed by atoms with Crippen molar-refractivity contribution in [3.63, 3.8) is 0 Å². The van der Waals surface area contributed by atoms with Gasteiger partial charge in [0.15, 0.2) is 8.32 Å². The van der Waals surface area contributed by atoms with Crippen LogP contribution in [0.1, 0.15) is 30.0 Å². The van der Waals surface area contributed by atoms with E-state index < -0.39 is 30.0 Å². The summed E-state index contributed by atoms with van der Waals surface area (Å²) >= 11 is 0. The molecule has 212 valence electrons. The molecule has 0 bridgehead atoms. The second kappa shape index (κ2) is 13.9. The van der Waals surface area contributed by atoms with Crippen molar-refractivity contribution in [2.45, 2.75) is 56.4 Å². The lowest BCUT2D eigenvalue weighted by molar-refractivity contribution is -0.142. The number of nitrogens with one attached hydrogen (secondary N) is 1. The Morgan fingerprint density at radius 3 is 2.12 bits per heavy atom. The number of carbonyl (C=O) groups is 1. The summed E-state index contributed by atoms with van der Waals surface area (Å²) in [6.45, 7) is 10.1. The van der Waals surface area contributed by atoms with Crippen LogP contribution in [0.25, 0.3) is 6.08 Å². The molecule has 3 rings (SSSR count). The molecule has 3 aromatic carbocycles. The van der Waals surface area contributed by atoms with E-state index in [0.29, 0.717) is 0 Å². The number of ether oxygens (including phenoxy) is 1. The van der Waals surface area contributed by atoms with Crippen molar-refractivity contribution in [1.29, 1.82) is 0 Å². The van der Waals surface area contributed by atoms with Gasteiger partial charge in [-0.3, -0.25) is 4.79 Å². The number of rotatable bonds is 13. The highest BCUT2D eigenvalue weighted by molar-refractivity contribution is 7.89. The number of aryl methyl sites for hydroxylation is 1. The molecule has 3 aromatic rings. The van der Waals surface area contributed by atoms with Crippen LogP contribution in [0.4, 0.5) is 0 Å². The maximum Gasteiger partial charge on any atom is 0.309 e. The fraction of sp³-hybridized carbons (Fsp3) is 0.281. The van der Waals surface area contributed by atoms with Crippen molar-refractivity contribution in [3.8, 4) is 0 Å². The van der Waals surface area contributed by atoms with Gasteiger partial charge in [-0.2, -0.15) is 0 Å². The Labute approximate surface area is 239 Å². The molecule has 0 radical (unpaired) electrons. The van der Waals surface area contributed by atoms with E-state index in [4.69, 9.17) is 9.16 Å². The van der Waals surface area contributed by atoms with Gasteiger partial charge >= 0.3 is 5.97 Å². The average molecular weight is 578 g/mol. The van der Waals surface area contributed by atoms with Crippen LogP contribution >= 0.6 is 0 Å². The molecule has 40 heavy (non-hydrogen) atoms. The summed E-state index contributed by atoms with van der Waals surface area (Å²) in [6.07, 6.45) is 7.23. The molecule has 0 spiro atoms. The Morgan fingerprint density at radius 1 is 0.950 bits per heavy atom. The first kappa shape index (κ1) is 31.2. The zero-order valence-electron chi connectivity index (χ0n) is 23.8. The maximum atomic E-state index is 13.8. The van der Waals surface area contributed by atoms with Crippen molar-refractivity contribution < 1.29 is 22.4 Å². The summed E-state index contributed by atoms with van der Waals surface area (Å²) in [7, 11) is -6.31. The minimum absolute atomic E-state index is 0.0251. The van der Waals surface area contributed by atoms with Gasteiger partial charge in [0.25, 0.3) is 0 Å². The van der Waals surface area contributed by atoms with E-state index in [1.165, 1.54) is 0 Å². The minimum Gasteiger partial charge on any atom is -0.466 e. The van der Waals surface area contributed by atoms with Crippen LogP contribution in [-0.2, 0) is 29.6 Å². The molecule has 8 heteroatoms. The molecule has 0 heterocycles. The molecule has 0 saturated heterocycles. The van der Waals surface area contributed by atoms with E-state index in [0.717, 1.165) is 16.7 Å². The summed E-state index contributed by atoms with van der Waals surface area (Å²) < 4.78 is 42.6. The normalized spacial score (nSPS) is 14.7. The second-order valence-corrected chi connectivity index (χ2v) is 16.6. The summed E-state index contributed by atoms with van der Waals surface area (Å²) in [6, 6.07) is 25.0. The zero-order chi connectivity index (χ0) is 29.2. The third kappa shape index (κ3) is 8.86. The molecule has 0 aliphatic carbocycles.